The Morgan fingerprint density at radius 1 is 1.53 bits per heavy atom. The first-order valence-corrected chi connectivity index (χ1v) is 5.72. The van der Waals surface area contributed by atoms with E-state index in [1.807, 2.05) is 25.2 Å². The summed E-state index contributed by atoms with van der Waals surface area (Å²) in [6, 6.07) is 5.91. The topological polar surface area (TPSA) is 32.3 Å². The minimum atomic E-state index is -0.472. The van der Waals surface area contributed by atoms with Crippen LogP contribution >= 0.6 is 11.6 Å². The summed E-state index contributed by atoms with van der Waals surface area (Å²) in [7, 11) is 1.82. The van der Waals surface area contributed by atoms with Gasteiger partial charge in [0, 0.05) is 11.6 Å². The summed E-state index contributed by atoms with van der Waals surface area (Å²) in [5.74, 6) is 0.660. The first-order chi connectivity index (χ1) is 7.22. The molecule has 0 radical (unpaired) electrons. The predicted octanol–water partition coefficient (Wildman–Crippen LogP) is 2.47. The van der Waals surface area contributed by atoms with Crippen molar-refractivity contribution in [3.63, 3.8) is 0 Å². The van der Waals surface area contributed by atoms with Crippen LogP contribution in [0.2, 0.25) is 5.02 Å². The number of aliphatic hydroxyl groups excluding tert-OH is 1. The highest BCUT2D eigenvalue weighted by Crippen LogP contribution is 2.43. The van der Waals surface area contributed by atoms with Crippen molar-refractivity contribution in [2.45, 2.75) is 24.9 Å². The SMILES string of the molecule is CNCC(O)c1ccc(C2CC2)c(Cl)c1. The zero-order valence-corrected chi connectivity index (χ0v) is 9.59. The minimum absolute atomic E-state index is 0.472. The van der Waals surface area contributed by atoms with Crippen LogP contribution in [-0.4, -0.2) is 18.7 Å². The third-order valence-electron chi connectivity index (χ3n) is 2.82. The number of rotatable bonds is 4. The molecule has 0 spiro atoms. The maximum absolute atomic E-state index is 9.77. The summed E-state index contributed by atoms with van der Waals surface area (Å²) in [5.41, 5.74) is 2.12. The van der Waals surface area contributed by atoms with Crippen LogP contribution in [0.4, 0.5) is 0 Å². The molecule has 2 rings (SSSR count). The van der Waals surface area contributed by atoms with Gasteiger partial charge in [0.1, 0.15) is 0 Å². The van der Waals surface area contributed by atoms with Crippen LogP contribution in [0.15, 0.2) is 18.2 Å². The fraction of sp³-hybridized carbons (Fsp3) is 0.500. The number of aliphatic hydroxyl groups is 1. The molecule has 0 amide bonds. The molecule has 1 aliphatic rings. The van der Waals surface area contributed by atoms with E-state index in [-0.39, 0.29) is 0 Å². The molecule has 1 aliphatic carbocycles. The molecular weight excluding hydrogens is 210 g/mol. The molecule has 1 saturated carbocycles. The van der Waals surface area contributed by atoms with Gasteiger partial charge < -0.3 is 10.4 Å². The highest BCUT2D eigenvalue weighted by molar-refractivity contribution is 6.31. The van der Waals surface area contributed by atoms with Crippen molar-refractivity contribution >= 4 is 11.6 Å². The molecular formula is C12H16ClNO. The number of nitrogens with one attached hydrogen (secondary N) is 1. The maximum atomic E-state index is 9.77. The van der Waals surface area contributed by atoms with Gasteiger partial charge in [-0.1, -0.05) is 23.7 Å². The number of likely N-dealkylation sites (N-methyl/N-ethyl adjacent to an activating group) is 1. The second-order valence-electron chi connectivity index (χ2n) is 4.13. The molecule has 1 fully saturated rings. The van der Waals surface area contributed by atoms with E-state index in [0.29, 0.717) is 12.5 Å². The highest BCUT2D eigenvalue weighted by Gasteiger charge is 2.25. The zero-order chi connectivity index (χ0) is 10.8. The van der Waals surface area contributed by atoms with Crippen LogP contribution in [0.25, 0.3) is 0 Å². The zero-order valence-electron chi connectivity index (χ0n) is 8.83. The van der Waals surface area contributed by atoms with Gasteiger partial charge in [0.15, 0.2) is 0 Å². The van der Waals surface area contributed by atoms with Crippen molar-refractivity contribution in [3.8, 4) is 0 Å². The fourth-order valence-electron chi connectivity index (χ4n) is 1.79. The van der Waals surface area contributed by atoms with Gasteiger partial charge in [0.25, 0.3) is 0 Å². The predicted molar refractivity (Wildman–Crippen MR) is 62.3 cm³/mol. The molecule has 1 atom stereocenters. The Labute approximate surface area is 95.3 Å². The number of benzene rings is 1. The van der Waals surface area contributed by atoms with E-state index < -0.39 is 6.10 Å². The molecule has 0 heterocycles. The standard InChI is InChI=1S/C12H16ClNO/c1-14-7-12(15)9-4-5-10(8-2-3-8)11(13)6-9/h4-6,8,12,14-15H,2-3,7H2,1H3. The van der Waals surface area contributed by atoms with Crippen molar-refractivity contribution in [1.29, 1.82) is 0 Å². The van der Waals surface area contributed by atoms with E-state index in [0.717, 1.165) is 10.6 Å². The van der Waals surface area contributed by atoms with Gasteiger partial charge in [0.05, 0.1) is 6.10 Å². The average Bonchev–Trinajstić information content (AvgIpc) is 3.01. The second kappa shape index (κ2) is 4.52. The van der Waals surface area contributed by atoms with Crippen LogP contribution in [0.3, 0.4) is 0 Å². The molecule has 0 bridgehead atoms. The van der Waals surface area contributed by atoms with Gasteiger partial charge in [-0.05, 0) is 43.0 Å². The van der Waals surface area contributed by atoms with Gasteiger partial charge >= 0.3 is 0 Å². The molecule has 82 valence electrons. The maximum Gasteiger partial charge on any atom is 0.0914 e. The van der Waals surface area contributed by atoms with Gasteiger partial charge in [0.2, 0.25) is 0 Å². The summed E-state index contributed by atoms with van der Waals surface area (Å²) >= 11 is 6.18. The van der Waals surface area contributed by atoms with Crippen molar-refractivity contribution in [3.05, 3.63) is 34.3 Å². The van der Waals surface area contributed by atoms with Crippen LogP contribution < -0.4 is 5.32 Å². The van der Waals surface area contributed by atoms with Gasteiger partial charge in [-0.15, -0.1) is 0 Å². The van der Waals surface area contributed by atoms with Crippen molar-refractivity contribution in [1.82, 2.24) is 5.32 Å². The van der Waals surface area contributed by atoms with E-state index >= 15 is 0 Å². The lowest BCUT2D eigenvalue weighted by Gasteiger charge is -2.12. The summed E-state index contributed by atoms with van der Waals surface area (Å²) < 4.78 is 0. The Hall–Kier alpha value is -0.570. The Morgan fingerprint density at radius 2 is 2.27 bits per heavy atom. The Kier molecular flexibility index (Phi) is 3.29. The third kappa shape index (κ3) is 2.51. The third-order valence-corrected chi connectivity index (χ3v) is 3.15. The lowest BCUT2D eigenvalue weighted by Crippen LogP contribution is -2.16. The largest absolute Gasteiger partial charge is 0.387 e. The van der Waals surface area contributed by atoms with Crippen LogP contribution in [0.5, 0.6) is 0 Å². The van der Waals surface area contributed by atoms with Crippen molar-refractivity contribution < 1.29 is 5.11 Å². The molecule has 15 heavy (non-hydrogen) atoms. The van der Waals surface area contributed by atoms with E-state index in [4.69, 9.17) is 11.6 Å². The first kappa shape index (κ1) is 10.9. The molecule has 2 N–H and O–H groups in total. The molecule has 1 aromatic rings. The summed E-state index contributed by atoms with van der Waals surface area (Å²) in [4.78, 5) is 0. The fourth-order valence-corrected chi connectivity index (χ4v) is 2.13. The second-order valence-corrected chi connectivity index (χ2v) is 4.54. The van der Waals surface area contributed by atoms with Gasteiger partial charge in [-0.2, -0.15) is 0 Å². The van der Waals surface area contributed by atoms with Crippen LogP contribution in [0.1, 0.15) is 36.0 Å². The molecule has 2 nitrogen and oxygen atoms in total. The Morgan fingerprint density at radius 3 is 2.80 bits per heavy atom. The molecule has 3 heteroatoms. The number of hydrogen-bond acceptors (Lipinski definition) is 2. The molecule has 0 aromatic heterocycles. The lowest BCUT2D eigenvalue weighted by molar-refractivity contribution is 0.178. The molecule has 1 aromatic carbocycles. The van der Waals surface area contributed by atoms with E-state index in [1.165, 1.54) is 18.4 Å². The van der Waals surface area contributed by atoms with Crippen LogP contribution in [0, 0.1) is 0 Å². The molecule has 1 unspecified atom stereocenters. The lowest BCUT2D eigenvalue weighted by atomic mass is 10.0. The molecule has 0 saturated heterocycles. The molecule has 0 aliphatic heterocycles. The Balaban J connectivity index is 2.16. The summed E-state index contributed by atoms with van der Waals surface area (Å²) in [6.45, 7) is 0.555. The average molecular weight is 226 g/mol. The minimum Gasteiger partial charge on any atom is -0.387 e. The van der Waals surface area contributed by atoms with Crippen molar-refractivity contribution in [2.75, 3.05) is 13.6 Å². The van der Waals surface area contributed by atoms with Gasteiger partial charge in [-0.25, -0.2) is 0 Å². The summed E-state index contributed by atoms with van der Waals surface area (Å²) in [6.07, 6.45) is 2.02. The number of hydrogen-bond donors (Lipinski definition) is 2. The first-order valence-electron chi connectivity index (χ1n) is 5.34. The summed E-state index contributed by atoms with van der Waals surface area (Å²) in [5, 5.41) is 13.5. The van der Waals surface area contributed by atoms with E-state index in [9.17, 15) is 5.11 Å². The monoisotopic (exact) mass is 225 g/mol. The number of halogens is 1. The smallest absolute Gasteiger partial charge is 0.0914 e. The van der Waals surface area contributed by atoms with Gasteiger partial charge in [-0.3, -0.25) is 0 Å². The van der Waals surface area contributed by atoms with Crippen molar-refractivity contribution in [2.24, 2.45) is 0 Å². The van der Waals surface area contributed by atoms with E-state index in [2.05, 4.69) is 5.32 Å². The van der Waals surface area contributed by atoms with E-state index in [1.54, 1.807) is 0 Å². The quantitative estimate of drug-likeness (QED) is 0.825. The highest BCUT2D eigenvalue weighted by atomic mass is 35.5. The normalized spacial score (nSPS) is 17.8. The van der Waals surface area contributed by atoms with Crippen LogP contribution in [-0.2, 0) is 0 Å². The Bertz CT molecular complexity index is 349.